The van der Waals surface area contributed by atoms with Crippen molar-refractivity contribution >= 4 is 33.8 Å². The van der Waals surface area contributed by atoms with Crippen LogP contribution in [0.4, 0.5) is 10.8 Å². The molecule has 2 heterocycles. The zero-order valence-electron chi connectivity index (χ0n) is 13.0. The lowest BCUT2D eigenvalue weighted by atomic mass is 10.3. The molecule has 0 atom stereocenters. The Morgan fingerprint density at radius 2 is 2.17 bits per heavy atom. The lowest BCUT2D eigenvalue weighted by Gasteiger charge is -2.13. The largest absolute Gasteiger partial charge is 0.331 e. The number of thiazole rings is 1. The zero-order chi connectivity index (χ0) is 16.2. The summed E-state index contributed by atoms with van der Waals surface area (Å²) in [5.74, 6) is 0. The maximum atomic E-state index is 5.99. The first-order valence-electron chi connectivity index (χ1n) is 7.22. The van der Waals surface area contributed by atoms with Crippen LogP contribution in [0.25, 0.3) is 0 Å². The molecule has 7 heteroatoms. The van der Waals surface area contributed by atoms with Crippen LogP contribution in [0, 0.1) is 0 Å². The number of hydrogen-bond acceptors (Lipinski definition) is 5. The van der Waals surface area contributed by atoms with E-state index in [0.29, 0.717) is 5.02 Å². The molecule has 3 aromatic rings. The van der Waals surface area contributed by atoms with Gasteiger partial charge in [-0.2, -0.15) is 5.10 Å². The topological polar surface area (TPSA) is 46.0 Å². The van der Waals surface area contributed by atoms with E-state index in [1.165, 1.54) is 10.4 Å². The molecule has 120 valence electrons. The standard InChI is InChI=1S/C16H18ClN5S/c1-21(9-12-7-19-22(2)10-12)11-15-8-18-16(23-15)20-14-5-3-4-13(17)6-14/h3-8,10H,9,11H2,1-2H3,(H,18,20). The van der Waals surface area contributed by atoms with Crippen LogP contribution in [0.5, 0.6) is 0 Å². The summed E-state index contributed by atoms with van der Waals surface area (Å²) in [5, 5.41) is 9.06. The Morgan fingerprint density at radius 1 is 1.30 bits per heavy atom. The van der Waals surface area contributed by atoms with Gasteiger partial charge in [-0.15, -0.1) is 11.3 Å². The fourth-order valence-electron chi connectivity index (χ4n) is 2.32. The normalized spacial score (nSPS) is 11.1. The van der Waals surface area contributed by atoms with Gasteiger partial charge in [0.2, 0.25) is 0 Å². The van der Waals surface area contributed by atoms with E-state index < -0.39 is 0 Å². The third-order valence-corrected chi connectivity index (χ3v) is 4.40. The summed E-state index contributed by atoms with van der Waals surface area (Å²) in [5.41, 5.74) is 2.15. The Labute approximate surface area is 144 Å². The molecule has 0 saturated carbocycles. The number of benzene rings is 1. The molecule has 0 saturated heterocycles. The van der Waals surface area contributed by atoms with Gasteiger partial charge < -0.3 is 5.32 Å². The molecule has 0 amide bonds. The minimum atomic E-state index is 0.711. The monoisotopic (exact) mass is 347 g/mol. The molecule has 1 aromatic carbocycles. The maximum absolute atomic E-state index is 5.99. The first-order valence-corrected chi connectivity index (χ1v) is 8.41. The number of hydrogen-bond donors (Lipinski definition) is 1. The smallest absolute Gasteiger partial charge is 0.187 e. The van der Waals surface area contributed by atoms with Crippen LogP contribution < -0.4 is 5.32 Å². The first kappa shape index (κ1) is 16.0. The van der Waals surface area contributed by atoms with Crippen molar-refractivity contribution in [3.8, 4) is 0 Å². The van der Waals surface area contributed by atoms with E-state index in [1.807, 2.05) is 54.6 Å². The molecule has 0 spiro atoms. The summed E-state index contributed by atoms with van der Waals surface area (Å²) in [6.07, 6.45) is 5.85. The molecule has 0 aliphatic rings. The van der Waals surface area contributed by atoms with Crippen molar-refractivity contribution in [1.29, 1.82) is 0 Å². The van der Waals surface area contributed by atoms with Gasteiger partial charge in [0.25, 0.3) is 0 Å². The van der Waals surface area contributed by atoms with Gasteiger partial charge in [-0.25, -0.2) is 4.98 Å². The Balaban J connectivity index is 1.58. The number of aryl methyl sites for hydroxylation is 1. The summed E-state index contributed by atoms with van der Waals surface area (Å²) in [6.45, 7) is 1.71. The lowest BCUT2D eigenvalue weighted by Crippen LogP contribution is -2.16. The van der Waals surface area contributed by atoms with E-state index in [2.05, 4.69) is 27.3 Å². The van der Waals surface area contributed by atoms with E-state index in [0.717, 1.165) is 23.9 Å². The van der Waals surface area contributed by atoms with E-state index in [-0.39, 0.29) is 0 Å². The number of nitrogens with zero attached hydrogens (tertiary/aromatic N) is 4. The van der Waals surface area contributed by atoms with Gasteiger partial charge in [0.15, 0.2) is 5.13 Å². The van der Waals surface area contributed by atoms with Crippen LogP contribution in [0.15, 0.2) is 42.9 Å². The van der Waals surface area contributed by atoms with Gasteiger partial charge in [-0.1, -0.05) is 17.7 Å². The third-order valence-electron chi connectivity index (χ3n) is 3.27. The SMILES string of the molecule is CN(Cc1cnn(C)c1)Cc1cnc(Nc2cccc(Cl)c2)s1. The maximum Gasteiger partial charge on any atom is 0.187 e. The second-order valence-electron chi connectivity index (χ2n) is 5.46. The quantitative estimate of drug-likeness (QED) is 0.734. The van der Waals surface area contributed by atoms with Crippen LogP contribution in [0.2, 0.25) is 5.02 Å². The van der Waals surface area contributed by atoms with E-state index in [4.69, 9.17) is 11.6 Å². The molecule has 0 unspecified atom stereocenters. The highest BCUT2D eigenvalue weighted by molar-refractivity contribution is 7.15. The third kappa shape index (κ3) is 4.54. The average molecular weight is 348 g/mol. The van der Waals surface area contributed by atoms with Gasteiger partial charge in [0.1, 0.15) is 0 Å². The summed E-state index contributed by atoms with van der Waals surface area (Å²) in [6, 6.07) is 7.63. The van der Waals surface area contributed by atoms with Crippen molar-refractivity contribution in [2.24, 2.45) is 7.05 Å². The summed E-state index contributed by atoms with van der Waals surface area (Å²) >= 11 is 7.64. The lowest BCUT2D eigenvalue weighted by molar-refractivity contribution is 0.321. The Bertz CT molecular complexity index is 782. The zero-order valence-corrected chi connectivity index (χ0v) is 14.6. The molecule has 0 aliphatic carbocycles. The number of aromatic nitrogens is 3. The van der Waals surface area contributed by atoms with Crippen molar-refractivity contribution in [3.63, 3.8) is 0 Å². The highest BCUT2D eigenvalue weighted by Crippen LogP contribution is 2.25. The Kier molecular flexibility index (Phi) is 4.95. The van der Waals surface area contributed by atoms with Gasteiger partial charge in [-0.05, 0) is 25.2 Å². The van der Waals surface area contributed by atoms with E-state index in [9.17, 15) is 0 Å². The molecule has 5 nitrogen and oxygen atoms in total. The summed E-state index contributed by atoms with van der Waals surface area (Å²) < 4.78 is 1.82. The van der Waals surface area contributed by atoms with Gasteiger partial charge in [0, 0.05) is 53.7 Å². The highest BCUT2D eigenvalue weighted by atomic mass is 35.5. The number of halogens is 1. The van der Waals surface area contributed by atoms with E-state index in [1.54, 1.807) is 11.3 Å². The van der Waals surface area contributed by atoms with Gasteiger partial charge >= 0.3 is 0 Å². The van der Waals surface area contributed by atoms with Crippen LogP contribution in [-0.2, 0) is 20.1 Å². The summed E-state index contributed by atoms with van der Waals surface area (Å²) in [4.78, 5) is 7.88. The molecule has 3 rings (SSSR count). The number of rotatable bonds is 6. The Morgan fingerprint density at radius 3 is 2.91 bits per heavy atom. The van der Waals surface area contributed by atoms with E-state index >= 15 is 0 Å². The molecule has 2 aromatic heterocycles. The highest BCUT2D eigenvalue weighted by Gasteiger charge is 2.07. The van der Waals surface area contributed by atoms with Gasteiger partial charge in [-0.3, -0.25) is 9.58 Å². The summed E-state index contributed by atoms with van der Waals surface area (Å²) in [7, 11) is 4.03. The molecule has 0 fully saturated rings. The molecule has 0 aliphatic heterocycles. The molecule has 23 heavy (non-hydrogen) atoms. The van der Waals surface area contributed by atoms with Crippen LogP contribution in [0.3, 0.4) is 0 Å². The minimum absolute atomic E-state index is 0.711. The van der Waals surface area contributed by atoms with Gasteiger partial charge in [0.05, 0.1) is 6.20 Å². The molecule has 0 bridgehead atoms. The minimum Gasteiger partial charge on any atom is -0.331 e. The molecule has 1 N–H and O–H groups in total. The first-order chi connectivity index (χ1) is 11.1. The van der Waals surface area contributed by atoms with Crippen molar-refractivity contribution in [1.82, 2.24) is 19.7 Å². The number of nitrogens with one attached hydrogen (secondary N) is 1. The predicted molar refractivity (Wildman–Crippen MR) is 95.2 cm³/mol. The average Bonchev–Trinajstić information content (AvgIpc) is 3.08. The Hall–Kier alpha value is -1.89. The predicted octanol–water partition coefficient (Wildman–Crippen LogP) is 3.91. The fraction of sp³-hybridized carbons (Fsp3) is 0.250. The van der Waals surface area contributed by atoms with Crippen molar-refractivity contribution in [2.45, 2.75) is 13.1 Å². The molecular weight excluding hydrogens is 330 g/mol. The molecular formula is C16H18ClN5S. The second kappa shape index (κ2) is 7.12. The fourth-order valence-corrected chi connectivity index (χ4v) is 3.42. The number of anilines is 2. The molecule has 0 radical (unpaired) electrons. The van der Waals surface area contributed by atoms with Crippen LogP contribution in [0.1, 0.15) is 10.4 Å². The van der Waals surface area contributed by atoms with Crippen molar-refractivity contribution in [2.75, 3.05) is 12.4 Å². The van der Waals surface area contributed by atoms with Crippen LogP contribution in [-0.4, -0.2) is 26.7 Å². The van der Waals surface area contributed by atoms with Crippen molar-refractivity contribution < 1.29 is 0 Å². The van der Waals surface area contributed by atoms with Crippen LogP contribution >= 0.6 is 22.9 Å². The van der Waals surface area contributed by atoms with Crippen molar-refractivity contribution in [3.05, 3.63) is 58.3 Å². The second-order valence-corrected chi connectivity index (χ2v) is 7.01.